The molecule has 1 amide bonds. The van der Waals surface area contributed by atoms with Crippen LogP contribution in [0.1, 0.15) is 17.0 Å². The maximum Gasteiger partial charge on any atom is 0.291 e. The van der Waals surface area contributed by atoms with E-state index < -0.39 is 4.92 Å². The highest BCUT2D eigenvalue weighted by atomic mass is 79.9. The first-order chi connectivity index (χ1) is 12.0. The van der Waals surface area contributed by atoms with Crippen LogP contribution in [0.5, 0.6) is 0 Å². The van der Waals surface area contributed by atoms with Crippen LogP contribution in [-0.2, 0) is 35.6 Å². The zero-order valence-electron chi connectivity index (χ0n) is 13.5. The third-order valence-electron chi connectivity index (χ3n) is 3.94. The summed E-state index contributed by atoms with van der Waals surface area (Å²) in [5, 5.41) is 15.5. The minimum Gasteiger partial charge on any atom is -0.383 e. The zero-order chi connectivity index (χ0) is 18.0. The number of rotatable bonds is 6. The van der Waals surface area contributed by atoms with E-state index in [2.05, 4.69) is 26.0 Å². The Morgan fingerprint density at radius 2 is 2.24 bits per heavy atom. The van der Waals surface area contributed by atoms with E-state index in [0.717, 1.165) is 11.3 Å². The van der Waals surface area contributed by atoms with E-state index in [9.17, 15) is 14.9 Å². The van der Waals surface area contributed by atoms with Crippen LogP contribution in [0.2, 0.25) is 0 Å². The number of pyridine rings is 1. The maximum atomic E-state index is 12.5. The number of amides is 1. The van der Waals surface area contributed by atoms with Crippen LogP contribution in [0, 0.1) is 10.1 Å². The van der Waals surface area contributed by atoms with Crippen molar-refractivity contribution in [1.29, 1.82) is 0 Å². The van der Waals surface area contributed by atoms with Crippen LogP contribution >= 0.6 is 15.9 Å². The van der Waals surface area contributed by atoms with Gasteiger partial charge in [0, 0.05) is 31.5 Å². The lowest BCUT2D eigenvalue weighted by Gasteiger charge is -2.15. The first kappa shape index (κ1) is 17.5. The first-order valence-corrected chi connectivity index (χ1v) is 8.39. The Labute approximate surface area is 151 Å². The molecule has 0 fully saturated rings. The van der Waals surface area contributed by atoms with Crippen molar-refractivity contribution >= 4 is 27.5 Å². The van der Waals surface area contributed by atoms with E-state index >= 15 is 0 Å². The molecule has 0 aromatic carbocycles. The third-order valence-corrected chi connectivity index (χ3v) is 4.38. The third kappa shape index (κ3) is 3.85. The number of methoxy groups -OCH3 is 1. The van der Waals surface area contributed by atoms with Crippen molar-refractivity contribution in [3.63, 3.8) is 0 Å². The molecule has 0 aliphatic carbocycles. The Bertz CT molecular complexity index is 799. The molecule has 10 heteroatoms. The number of hydrogen-bond donors (Lipinski definition) is 0. The van der Waals surface area contributed by atoms with Crippen molar-refractivity contribution < 1.29 is 14.5 Å². The van der Waals surface area contributed by atoms with Gasteiger partial charge < -0.3 is 9.64 Å². The summed E-state index contributed by atoms with van der Waals surface area (Å²) in [6.07, 6.45) is 1.78. The lowest BCUT2D eigenvalue weighted by Crippen LogP contribution is -2.28. The van der Waals surface area contributed by atoms with E-state index in [1.165, 1.54) is 12.1 Å². The average molecular weight is 410 g/mol. The van der Waals surface area contributed by atoms with Crippen molar-refractivity contribution in [2.45, 2.75) is 26.1 Å². The molecule has 0 saturated heterocycles. The monoisotopic (exact) mass is 409 g/mol. The summed E-state index contributed by atoms with van der Waals surface area (Å²) < 4.78 is 7.28. The van der Waals surface area contributed by atoms with E-state index in [1.54, 1.807) is 16.7 Å². The van der Waals surface area contributed by atoms with Gasteiger partial charge in [-0.2, -0.15) is 5.10 Å². The number of halogens is 1. The average Bonchev–Trinajstić information content (AvgIpc) is 3.11. The summed E-state index contributed by atoms with van der Waals surface area (Å²) in [7, 11) is 1.63. The van der Waals surface area contributed by atoms with Gasteiger partial charge in [-0.15, -0.1) is 0 Å². The van der Waals surface area contributed by atoms with Crippen LogP contribution < -0.4 is 0 Å². The number of nitro groups is 1. The normalized spacial score (nSPS) is 13.1. The quantitative estimate of drug-likeness (QED) is 0.408. The van der Waals surface area contributed by atoms with Crippen molar-refractivity contribution in [1.82, 2.24) is 19.7 Å². The highest BCUT2D eigenvalue weighted by Crippen LogP contribution is 2.24. The summed E-state index contributed by atoms with van der Waals surface area (Å²) in [6.45, 7) is 2.08. The van der Waals surface area contributed by atoms with Crippen LogP contribution in [0.3, 0.4) is 0 Å². The molecule has 0 atom stereocenters. The molecule has 1 aliphatic heterocycles. The molecule has 3 rings (SSSR count). The van der Waals surface area contributed by atoms with Crippen LogP contribution in [0.4, 0.5) is 5.69 Å². The highest BCUT2D eigenvalue weighted by molar-refractivity contribution is 9.10. The Kier molecular flexibility index (Phi) is 5.09. The second-order valence-corrected chi connectivity index (χ2v) is 6.45. The summed E-state index contributed by atoms with van der Waals surface area (Å²) in [5.41, 5.74) is 1.83. The summed E-state index contributed by atoms with van der Waals surface area (Å²) in [5.74, 6) is -0.213. The number of hydrogen-bond acceptors (Lipinski definition) is 6. The van der Waals surface area contributed by atoms with Gasteiger partial charge in [-0.05, 0) is 22.0 Å². The molecule has 3 heterocycles. The molecular formula is C15H16BrN5O4. The molecule has 9 nitrogen and oxygen atoms in total. The molecule has 0 unspecified atom stereocenters. The van der Waals surface area contributed by atoms with Crippen molar-refractivity contribution in [2.24, 2.45) is 0 Å². The second-order valence-electron chi connectivity index (χ2n) is 5.64. The number of aromatic nitrogens is 3. The first-order valence-electron chi connectivity index (χ1n) is 7.59. The minimum atomic E-state index is -0.527. The van der Waals surface area contributed by atoms with Crippen molar-refractivity contribution in [2.75, 3.05) is 13.7 Å². The molecule has 2 aromatic heterocycles. The molecule has 0 spiro atoms. The number of carbonyl (C=O) groups is 1. The Morgan fingerprint density at radius 1 is 1.44 bits per heavy atom. The van der Waals surface area contributed by atoms with E-state index in [0.29, 0.717) is 30.8 Å². The predicted octanol–water partition coefficient (Wildman–Crippen LogP) is 1.68. The fourth-order valence-electron chi connectivity index (χ4n) is 2.70. The molecular weight excluding hydrogens is 394 g/mol. The van der Waals surface area contributed by atoms with Gasteiger partial charge in [0.05, 0.1) is 36.7 Å². The second kappa shape index (κ2) is 7.28. The smallest absolute Gasteiger partial charge is 0.291 e. The van der Waals surface area contributed by atoms with Gasteiger partial charge in [0.1, 0.15) is 10.3 Å². The van der Waals surface area contributed by atoms with Gasteiger partial charge in [0.2, 0.25) is 5.91 Å². The lowest BCUT2D eigenvalue weighted by molar-refractivity contribution is -0.385. The maximum absolute atomic E-state index is 12.5. The number of carbonyl (C=O) groups excluding carboxylic acids is 1. The molecule has 25 heavy (non-hydrogen) atoms. The molecule has 132 valence electrons. The molecule has 0 bridgehead atoms. The standard InChI is InChI=1S/C15H16BrN5O4/c1-25-5-4-20-8-10-7-19(9-12(10)18-20)15(22)6-11-13(21(23)24)2-3-14(16)17-11/h2-3,8H,4-7,9H2,1H3. The van der Waals surface area contributed by atoms with E-state index in [-0.39, 0.29) is 23.7 Å². The Hall–Kier alpha value is -2.33. The fourth-order valence-corrected chi connectivity index (χ4v) is 3.05. The van der Waals surface area contributed by atoms with Gasteiger partial charge in [-0.25, -0.2) is 4.98 Å². The minimum absolute atomic E-state index is 0.121. The van der Waals surface area contributed by atoms with Gasteiger partial charge in [-0.1, -0.05) is 0 Å². The van der Waals surface area contributed by atoms with Crippen LogP contribution in [0.25, 0.3) is 0 Å². The van der Waals surface area contributed by atoms with E-state index in [4.69, 9.17) is 4.74 Å². The predicted molar refractivity (Wildman–Crippen MR) is 90.7 cm³/mol. The largest absolute Gasteiger partial charge is 0.383 e. The molecule has 0 radical (unpaired) electrons. The van der Waals surface area contributed by atoms with Gasteiger partial charge >= 0.3 is 0 Å². The van der Waals surface area contributed by atoms with Crippen molar-refractivity contribution in [3.8, 4) is 0 Å². The Balaban J connectivity index is 1.68. The lowest BCUT2D eigenvalue weighted by atomic mass is 10.2. The van der Waals surface area contributed by atoms with Crippen LogP contribution in [0.15, 0.2) is 22.9 Å². The van der Waals surface area contributed by atoms with Gasteiger partial charge in [0.15, 0.2) is 0 Å². The summed E-state index contributed by atoms with van der Waals surface area (Å²) >= 11 is 3.18. The van der Waals surface area contributed by atoms with Gasteiger partial charge in [0.25, 0.3) is 5.69 Å². The number of fused-ring (bicyclic) bond motifs is 1. The summed E-state index contributed by atoms with van der Waals surface area (Å²) in [6, 6.07) is 2.83. The van der Waals surface area contributed by atoms with Crippen molar-refractivity contribution in [3.05, 3.63) is 50.0 Å². The topological polar surface area (TPSA) is 103 Å². The van der Waals surface area contributed by atoms with Crippen LogP contribution in [-0.4, -0.2) is 44.2 Å². The number of nitrogens with zero attached hydrogens (tertiary/aromatic N) is 5. The molecule has 2 aromatic rings. The number of ether oxygens (including phenoxy) is 1. The van der Waals surface area contributed by atoms with E-state index in [1.807, 2.05) is 6.20 Å². The SMILES string of the molecule is COCCn1cc2c(n1)CN(C(=O)Cc1nc(Br)ccc1[N+](=O)[O-])C2. The fraction of sp³-hybridized carbons (Fsp3) is 0.400. The molecule has 1 aliphatic rings. The Morgan fingerprint density at radius 3 is 2.92 bits per heavy atom. The highest BCUT2D eigenvalue weighted by Gasteiger charge is 2.28. The summed E-state index contributed by atoms with van der Waals surface area (Å²) in [4.78, 5) is 28.8. The molecule has 0 saturated carbocycles. The van der Waals surface area contributed by atoms with Gasteiger partial charge in [-0.3, -0.25) is 19.6 Å². The molecule has 0 N–H and O–H groups in total. The zero-order valence-corrected chi connectivity index (χ0v) is 15.1.